The molecule has 0 spiro atoms. The quantitative estimate of drug-likeness (QED) is 0.446. The Hall–Kier alpha value is -2.26. The van der Waals surface area contributed by atoms with E-state index in [-0.39, 0.29) is 0 Å². The number of hydrogen-bond donors (Lipinski definition) is 0. The lowest BCUT2D eigenvalue weighted by atomic mass is 9.95. The monoisotopic (exact) mass is 334 g/mol. The Morgan fingerprint density at radius 1 is 0.714 bits per heavy atom. The normalized spacial score (nSPS) is 11.1. The highest BCUT2D eigenvalue weighted by atomic mass is 79.9. The van der Waals surface area contributed by atoms with Gasteiger partial charge in [-0.2, -0.15) is 0 Å². The fourth-order valence-electron chi connectivity index (χ4n) is 2.78. The third kappa shape index (κ3) is 1.93. The summed E-state index contributed by atoms with van der Waals surface area (Å²) in [6.07, 6.45) is 5.26. The molecule has 1 heterocycles. The molecule has 0 unspecified atom stereocenters. The summed E-state index contributed by atoms with van der Waals surface area (Å²) < 4.78 is 1.13. The summed E-state index contributed by atoms with van der Waals surface area (Å²) in [6.45, 7) is 0. The lowest BCUT2D eigenvalue weighted by Gasteiger charge is -2.13. The fraction of sp³-hybridized carbons (Fsp3) is 0. The highest BCUT2D eigenvalue weighted by Crippen LogP contribution is 2.40. The van der Waals surface area contributed by atoms with Crippen LogP contribution in [-0.4, -0.2) is 9.97 Å². The van der Waals surface area contributed by atoms with Gasteiger partial charge >= 0.3 is 0 Å². The van der Waals surface area contributed by atoms with E-state index in [4.69, 9.17) is 0 Å². The first-order valence-corrected chi connectivity index (χ1v) is 7.51. The first-order chi connectivity index (χ1) is 10.4. The highest BCUT2D eigenvalue weighted by molar-refractivity contribution is 9.10. The van der Waals surface area contributed by atoms with Gasteiger partial charge in [0.1, 0.15) is 0 Å². The van der Waals surface area contributed by atoms with Crippen LogP contribution in [0.1, 0.15) is 0 Å². The van der Waals surface area contributed by atoms with Crippen molar-refractivity contribution >= 4 is 37.5 Å². The Labute approximate surface area is 130 Å². The minimum Gasteiger partial charge on any atom is -0.261 e. The molecule has 0 aliphatic rings. The Kier molecular flexibility index (Phi) is 2.93. The standard InChI is InChI=1S/C18H11BrN2/c19-18-14-7-3-1-5-12(14)17(16-11-20-9-10-21-16)13-6-2-4-8-15(13)18/h1-11H. The van der Waals surface area contributed by atoms with Gasteiger partial charge in [-0.25, -0.2) is 0 Å². The molecule has 2 nitrogen and oxygen atoms in total. The summed E-state index contributed by atoms with van der Waals surface area (Å²) in [6, 6.07) is 16.8. The van der Waals surface area contributed by atoms with Crippen LogP contribution in [0, 0.1) is 0 Å². The molecule has 4 aromatic rings. The maximum absolute atomic E-state index is 4.50. The zero-order valence-corrected chi connectivity index (χ0v) is 12.7. The predicted octanol–water partition coefficient (Wildman–Crippen LogP) is 5.21. The van der Waals surface area contributed by atoms with Crippen LogP contribution in [0.3, 0.4) is 0 Å². The number of nitrogens with zero attached hydrogens (tertiary/aromatic N) is 2. The van der Waals surface area contributed by atoms with E-state index in [0.29, 0.717) is 0 Å². The number of fused-ring (bicyclic) bond motifs is 2. The van der Waals surface area contributed by atoms with Crippen molar-refractivity contribution in [2.75, 3.05) is 0 Å². The van der Waals surface area contributed by atoms with Gasteiger partial charge in [0, 0.05) is 22.4 Å². The van der Waals surface area contributed by atoms with E-state index in [1.807, 2.05) is 6.20 Å². The van der Waals surface area contributed by atoms with Gasteiger partial charge in [0.05, 0.1) is 11.9 Å². The van der Waals surface area contributed by atoms with Crippen molar-refractivity contribution in [3.05, 3.63) is 71.6 Å². The van der Waals surface area contributed by atoms with Crippen molar-refractivity contribution in [3.63, 3.8) is 0 Å². The van der Waals surface area contributed by atoms with Crippen molar-refractivity contribution in [1.82, 2.24) is 9.97 Å². The Morgan fingerprint density at radius 3 is 1.81 bits per heavy atom. The molecule has 21 heavy (non-hydrogen) atoms. The van der Waals surface area contributed by atoms with Crippen LogP contribution in [0.25, 0.3) is 32.8 Å². The van der Waals surface area contributed by atoms with Gasteiger partial charge < -0.3 is 0 Å². The van der Waals surface area contributed by atoms with Crippen LogP contribution in [0.15, 0.2) is 71.6 Å². The average Bonchev–Trinajstić information content (AvgIpc) is 2.56. The van der Waals surface area contributed by atoms with Crippen molar-refractivity contribution < 1.29 is 0 Å². The molecule has 0 atom stereocenters. The highest BCUT2D eigenvalue weighted by Gasteiger charge is 2.13. The van der Waals surface area contributed by atoms with E-state index in [1.54, 1.807) is 12.4 Å². The van der Waals surface area contributed by atoms with Gasteiger partial charge in [-0.1, -0.05) is 48.5 Å². The van der Waals surface area contributed by atoms with E-state index in [2.05, 4.69) is 74.4 Å². The largest absolute Gasteiger partial charge is 0.261 e. The molecule has 0 aliphatic heterocycles. The van der Waals surface area contributed by atoms with Gasteiger partial charge in [-0.3, -0.25) is 9.97 Å². The van der Waals surface area contributed by atoms with Crippen molar-refractivity contribution in [1.29, 1.82) is 0 Å². The second-order valence-electron chi connectivity index (χ2n) is 4.87. The molecule has 3 aromatic carbocycles. The Morgan fingerprint density at radius 2 is 1.29 bits per heavy atom. The molecule has 4 rings (SSSR count). The van der Waals surface area contributed by atoms with Crippen LogP contribution >= 0.6 is 15.9 Å². The van der Waals surface area contributed by atoms with Crippen molar-refractivity contribution in [3.8, 4) is 11.3 Å². The molecule has 1 aromatic heterocycles. The zero-order valence-electron chi connectivity index (χ0n) is 11.1. The molecule has 0 aliphatic carbocycles. The number of rotatable bonds is 1. The van der Waals surface area contributed by atoms with E-state index < -0.39 is 0 Å². The predicted molar refractivity (Wildman–Crippen MR) is 90.2 cm³/mol. The smallest absolute Gasteiger partial charge is 0.0897 e. The Bertz CT molecular complexity index is 892. The average molecular weight is 335 g/mol. The van der Waals surface area contributed by atoms with Gasteiger partial charge in [0.2, 0.25) is 0 Å². The molecule has 100 valence electrons. The van der Waals surface area contributed by atoms with Crippen LogP contribution in [-0.2, 0) is 0 Å². The molecule has 3 heteroatoms. The lowest BCUT2D eigenvalue weighted by molar-refractivity contribution is 1.21. The fourth-order valence-corrected chi connectivity index (χ4v) is 3.47. The van der Waals surface area contributed by atoms with E-state index in [0.717, 1.165) is 15.7 Å². The third-order valence-corrected chi connectivity index (χ3v) is 4.54. The summed E-state index contributed by atoms with van der Waals surface area (Å²) in [5.41, 5.74) is 2.04. The molecule has 0 saturated carbocycles. The summed E-state index contributed by atoms with van der Waals surface area (Å²) in [4.78, 5) is 8.72. The first kappa shape index (κ1) is 12.5. The van der Waals surface area contributed by atoms with Gasteiger partial charge in [0.25, 0.3) is 0 Å². The van der Waals surface area contributed by atoms with Crippen LogP contribution < -0.4 is 0 Å². The number of halogens is 1. The van der Waals surface area contributed by atoms with E-state index in [1.165, 1.54) is 21.5 Å². The summed E-state index contributed by atoms with van der Waals surface area (Å²) in [7, 11) is 0. The van der Waals surface area contributed by atoms with Gasteiger partial charge in [-0.15, -0.1) is 0 Å². The van der Waals surface area contributed by atoms with Crippen molar-refractivity contribution in [2.45, 2.75) is 0 Å². The third-order valence-electron chi connectivity index (χ3n) is 3.69. The minimum atomic E-state index is 0.900. The second-order valence-corrected chi connectivity index (χ2v) is 5.66. The molecule has 0 fully saturated rings. The summed E-state index contributed by atoms with van der Waals surface area (Å²) in [5.74, 6) is 0. The zero-order chi connectivity index (χ0) is 14.2. The molecular formula is C18H11BrN2. The molecule has 0 radical (unpaired) electrons. The maximum atomic E-state index is 4.50. The number of benzene rings is 3. The summed E-state index contributed by atoms with van der Waals surface area (Å²) >= 11 is 3.75. The second kappa shape index (κ2) is 4.93. The Balaban J connectivity index is 2.28. The summed E-state index contributed by atoms with van der Waals surface area (Å²) in [5, 5.41) is 4.75. The van der Waals surface area contributed by atoms with E-state index in [9.17, 15) is 0 Å². The minimum absolute atomic E-state index is 0.900. The van der Waals surface area contributed by atoms with Gasteiger partial charge in [0.15, 0.2) is 0 Å². The number of aromatic nitrogens is 2. The number of hydrogen-bond acceptors (Lipinski definition) is 2. The molecule has 0 saturated heterocycles. The SMILES string of the molecule is Brc1c2ccccc2c(-c2cnccn2)c2ccccc12. The van der Waals surface area contributed by atoms with Crippen molar-refractivity contribution in [2.24, 2.45) is 0 Å². The van der Waals surface area contributed by atoms with Crippen LogP contribution in [0.4, 0.5) is 0 Å². The van der Waals surface area contributed by atoms with Gasteiger partial charge in [-0.05, 0) is 37.5 Å². The van der Waals surface area contributed by atoms with E-state index >= 15 is 0 Å². The molecule has 0 amide bonds. The van der Waals surface area contributed by atoms with Crippen LogP contribution in [0.2, 0.25) is 0 Å². The maximum Gasteiger partial charge on any atom is 0.0897 e. The lowest BCUT2D eigenvalue weighted by Crippen LogP contribution is -1.90. The molecule has 0 N–H and O–H groups in total. The first-order valence-electron chi connectivity index (χ1n) is 6.71. The topological polar surface area (TPSA) is 25.8 Å². The molecule has 0 bridgehead atoms. The van der Waals surface area contributed by atoms with Crippen LogP contribution in [0.5, 0.6) is 0 Å². The molecular weight excluding hydrogens is 324 g/mol.